The van der Waals surface area contributed by atoms with E-state index < -0.39 is 0 Å². The van der Waals surface area contributed by atoms with E-state index in [9.17, 15) is 4.79 Å². The second-order valence-electron chi connectivity index (χ2n) is 3.21. The summed E-state index contributed by atoms with van der Waals surface area (Å²) < 4.78 is 10.0. The second-order valence-corrected chi connectivity index (χ2v) is 4.05. The fraction of sp³-hybridized carbons (Fsp3) is 0.364. The van der Waals surface area contributed by atoms with Crippen molar-refractivity contribution < 1.29 is 14.3 Å². The molecule has 0 spiro atoms. The molecule has 0 atom stereocenters. The van der Waals surface area contributed by atoms with Gasteiger partial charge >= 0.3 is 0 Å². The molecule has 1 aromatic carbocycles. The summed E-state index contributed by atoms with van der Waals surface area (Å²) in [5.74, 6) is 0.200. The molecule has 0 radical (unpaired) electrons. The second kappa shape index (κ2) is 7.37. The lowest BCUT2D eigenvalue weighted by molar-refractivity contribution is -0.123. The van der Waals surface area contributed by atoms with Crippen molar-refractivity contribution in [3.8, 4) is 5.75 Å². The summed E-state index contributed by atoms with van der Waals surface area (Å²) in [7, 11) is 1.57. The van der Waals surface area contributed by atoms with Crippen LogP contribution < -0.4 is 10.1 Å². The Hall–Kier alpha value is -0.970. The molecular formula is C11H13Cl2NO3. The third kappa shape index (κ3) is 5.26. The number of amides is 1. The molecule has 94 valence electrons. The Morgan fingerprint density at radius 3 is 2.82 bits per heavy atom. The van der Waals surface area contributed by atoms with Crippen LogP contribution in [0.1, 0.15) is 0 Å². The van der Waals surface area contributed by atoms with Crippen molar-refractivity contribution in [1.82, 2.24) is 5.32 Å². The van der Waals surface area contributed by atoms with Crippen LogP contribution in [0.15, 0.2) is 18.2 Å². The third-order valence-corrected chi connectivity index (χ3v) is 2.41. The normalized spacial score (nSPS) is 10.1. The Morgan fingerprint density at radius 2 is 2.18 bits per heavy atom. The van der Waals surface area contributed by atoms with E-state index in [1.807, 2.05) is 0 Å². The molecule has 0 unspecified atom stereocenters. The zero-order chi connectivity index (χ0) is 12.7. The average Bonchev–Trinajstić information content (AvgIpc) is 2.28. The predicted octanol–water partition coefficient (Wildman–Crippen LogP) is 2.13. The van der Waals surface area contributed by atoms with Crippen molar-refractivity contribution in [2.24, 2.45) is 0 Å². The molecule has 0 aliphatic rings. The van der Waals surface area contributed by atoms with E-state index in [-0.39, 0.29) is 12.5 Å². The number of ether oxygens (including phenoxy) is 2. The molecule has 17 heavy (non-hydrogen) atoms. The van der Waals surface area contributed by atoms with Gasteiger partial charge in [-0.15, -0.1) is 0 Å². The summed E-state index contributed by atoms with van der Waals surface area (Å²) in [5.41, 5.74) is 0. The molecule has 0 bridgehead atoms. The van der Waals surface area contributed by atoms with Crippen LogP contribution in [0.5, 0.6) is 5.75 Å². The Kier molecular flexibility index (Phi) is 6.11. The first kappa shape index (κ1) is 14.1. The molecule has 4 nitrogen and oxygen atoms in total. The quantitative estimate of drug-likeness (QED) is 0.811. The van der Waals surface area contributed by atoms with Gasteiger partial charge in [0, 0.05) is 18.7 Å². The van der Waals surface area contributed by atoms with Crippen LogP contribution in [0.2, 0.25) is 10.0 Å². The monoisotopic (exact) mass is 277 g/mol. The Morgan fingerprint density at radius 1 is 1.41 bits per heavy atom. The van der Waals surface area contributed by atoms with E-state index in [1.165, 1.54) is 0 Å². The van der Waals surface area contributed by atoms with Crippen molar-refractivity contribution in [2.45, 2.75) is 0 Å². The van der Waals surface area contributed by atoms with Crippen molar-refractivity contribution >= 4 is 29.1 Å². The van der Waals surface area contributed by atoms with Crippen molar-refractivity contribution in [2.75, 3.05) is 26.9 Å². The highest BCUT2D eigenvalue weighted by Crippen LogP contribution is 2.27. The van der Waals surface area contributed by atoms with Gasteiger partial charge in [0.15, 0.2) is 6.61 Å². The zero-order valence-corrected chi connectivity index (χ0v) is 10.8. The minimum Gasteiger partial charge on any atom is -0.482 e. The van der Waals surface area contributed by atoms with E-state index in [0.29, 0.717) is 28.9 Å². The molecule has 6 heteroatoms. The van der Waals surface area contributed by atoms with Crippen molar-refractivity contribution in [1.29, 1.82) is 0 Å². The summed E-state index contributed by atoms with van der Waals surface area (Å²) in [4.78, 5) is 11.3. The van der Waals surface area contributed by atoms with Crippen molar-refractivity contribution in [3.05, 3.63) is 28.2 Å². The molecule has 1 aromatic rings. The molecule has 1 amide bonds. The van der Waals surface area contributed by atoms with E-state index in [1.54, 1.807) is 25.3 Å². The average molecular weight is 278 g/mol. The van der Waals surface area contributed by atoms with Gasteiger partial charge in [-0.05, 0) is 18.2 Å². The van der Waals surface area contributed by atoms with Gasteiger partial charge in [-0.3, -0.25) is 4.79 Å². The standard InChI is InChI=1S/C11H13Cl2NO3/c1-16-5-4-14-11(15)7-17-10-3-2-8(12)6-9(10)13/h2-3,6H,4-5,7H2,1H3,(H,14,15). The van der Waals surface area contributed by atoms with Crippen molar-refractivity contribution in [3.63, 3.8) is 0 Å². The first-order valence-corrected chi connectivity index (χ1v) is 5.72. The molecule has 0 aliphatic carbocycles. The molecule has 1 rings (SSSR count). The fourth-order valence-electron chi connectivity index (χ4n) is 1.08. The molecule has 0 aliphatic heterocycles. The van der Waals surface area contributed by atoms with Crippen LogP contribution in [0.4, 0.5) is 0 Å². The topological polar surface area (TPSA) is 47.6 Å². The predicted molar refractivity (Wildman–Crippen MR) is 66.8 cm³/mol. The Balaban J connectivity index is 2.37. The zero-order valence-electron chi connectivity index (χ0n) is 9.33. The fourth-order valence-corrected chi connectivity index (χ4v) is 1.54. The summed E-state index contributed by atoms with van der Waals surface area (Å²) >= 11 is 11.6. The first-order valence-electron chi connectivity index (χ1n) is 4.97. The first-order chi connectivity index (χ1) is 8.13. The van der Waals surface area contributed by atoms with Gasteiger partial charge < -0.3 is 14.8 Å². The maximum absolute atomic E-state index is 11.3. The van der Waals surface area contributed by atoms with Crippen LogP contribution in [0.25, 0.3) is 0 Å². The van der Waals surface area contributed by atoms with Crippen LogP contribution in [-0.2, 0) is 9.53 Å². The molecule has 0 saturated carbocycles. The minimum absolute atomic E-state index is 0.0922. The van der Waals surface area contributed by atoms with E-state index >= 15 is 0 Å². The summed E-state index contributed by atoms with van der Waals surface area (Å²) in [6.07, 6.45) is 0. The Labute approximate surface area is 110 Å². The lowest BCUT2D eigenvalue weighted by Crippen LogP contribution is -2.31. The van der Waals surface area contributed by atoms with Crippen LogP contribution in [-0.4, -0.2) is 32.8 Å². The van der Waals surface area contributed by atoms with Crippen LogP contribution >= 0.6 is 23.2 Å². The highest BCUT2D eigenvalue weighted by Gasteiger charge is 2.05. The van der Waals surface area contributed by atoms with Gasteiger partial charge in [0.05, 0.1) is 11.6 Å². The van der Waals surface area contributed by atoms with Gasteiger partial charge in [-0.2, -0.15) is 0 Å². The summed E-state index contributed by atoms with van der Waals surface area (Å²) in [6, 6.07) is 4.82. The number of nitrogens with one attached hydrogen (secondary N) is 1. The number of carbonyl (C=O) groups excluding carboxylic acids is 1. The number of halogens is 2. The smallest absolute Gasteiger partial charge is 0.258 e. The third-order valence-electron chi connectivity index (χ3n) is 1.88. The lowest BCUT2D eigenvalue weighted by Gasteiger charge is -2.08. The molecular weight excluding hydrogens is 265 g/mol. The maximum atomic E-state index is 11.3. The molecule has 1 N–H and O–H groups in total. The molecule has 0 aromatic heterocycles. The SMILES string of the molecule is COCCNC(=O)COc1ccc(Cl)cc1Cl. The number of carbonyl (C=O) groups is 1. The number of benzene rings is 1. The van der Waals surface area contributed by atoms with E-state index in [4.69, 9.17) is 32.7 Å². The van der Waals surface area contributed by atoms with Gasteiger partial charge in [0.2, 0.25) is 0 Å². The number of hydrogen-bond acceptors (Lipinski definition) is 3. The number of hydrogen-bond donors (Lipinski definition) is 1. The van der Waals surface area contributed by atoms with Gasteiger partial charge in [0.1, 0.15) is 5.75 Å². The molecule has 0 fully saturated rings. The van der Waals surface area contributed by atoms with Crippen LogP contribution in [0, 0.1) is 0 Å². The van der Waals surface area contributed by atoms with Gasteiger partial charge in [-0.25, -0.2) is 0 Å². The minimum atomic E-state index is -0.229. The van der Waals surface area contributed by atoms with Gasteiger partial charge in [-0.1, -0.05) is 23.2 Å². The molecule has 0 saturated heterocycles. The summed E-state index contributed by atoms with van der Waals surface area (Å²) in [5, 5.41) is 3.52. The highest BCUT2D eigenvalue weighted by atomic mass is 35.5. The number of rotatable bonds is 6. The maximum Gasteiger partial charge on any atom is 0.258 e. The van der Waals surface area contributed by atoms with Gasteiger partial charge in [0.25, 0.3) is 5.91 Å². The number of methoxy groups -OCH3 is 1. The molecule has 0 heterocycles. The highest BCUT2D eigenvalue weighted by molar-refractivity contribution is 6.35. The van der Waals surface area contributed by atoms with E-state index in [0.717, 1.165) is 0 Å². The van der Waals surface area contributed by atoms with E-state index in [2.05, 4.69) is 5.32 Å². The lowest BCUT2D eigenvalue weighted by atomic mass is 10.3. The summed E-state index contributed by atoms with van der Waals surface area (Å²) in [6.45, 7) is 0.825. The largest absolute Gasteiger partial charge is 0.482 e. The Bertz CT molecular complexity index is 385. The van der Waals surface area contributed by atoms with Crippen LogP contribution in [0.3, 0.4) is 0 Å².